The van der Waals surface area contributed by atoms with Gasteiger partial charge >= 0.3 is 0 Å². The summed E-state index contributed by atoms with van der Waals surface area (Å²) in [6.45, 7) is 4.42. The van der Waals surface area contributed by atoms with Crippen LogP contribution < -0.4 is 0 Å². The van der Waals surface area contributed by atoms with E-state index in [1.165, 1.54) is 63.1 Å². The van der Waals surface area contributed by atoms with Gasteiger partial charge in [-0.2, -0.15) is 0 Å². The average molecular weight is 1230 g/mol. The number of rotatable bonds is 2. The summed E-state index contributed by atoms with van der Waals surface area (Å²) in [5.41, 5.74) is 11.4. The van der Waals surface area contributed by atoms with E-state index < -0.39 is 0 Å². The molecule has 27 nitrogen and oxygen atoms in total. The zero-order valence-corrected chi connectivity index (χ0v) is 49.2. The molecule has 0 atom stereocenters. The van der Waals surface area contributed by atoms with Crippen LogP contribution in [0.2, 0.25) is 0 Å². The van der Waals surface area contributed by atoms with Crippen molar-refractivity contribution < 1.29 is 53.0 Å². The minimum absolute atomic E-state index is 0.297. The molecule has 0 fully saturated rings. The Morgan fingerprint density at radius 2 is 0.424 bits per heavy atom. The summed E-state index contributed by atoms with van der Waals surface area (Å²) in [6.07, 6.45) is 29.8. The zero-order valence-electron chi connectivity index (χ0n) is 49.2. The first-order valence-corrected chi connectivity index (χ1v) is 29.7. The third kappa shape index (κ3) is 12.3. The van der Waals surface area contributed by atoms with Crippen LogP contribution >= 0.6 is 0 Å². The van der Waals surface area contributed by atoms with Crippen LogP contribution in [0.3, 0.4) is 0 Å². The highest BCUT2D eigenvalue weighted by Crippen LogP contribution is 2.33. The predicted octanol–water partition coefficient (Wildman–Crippen LogP) is 14.8. The summed E-state index contributed by atoms with van der Waals surface area (Å²) in [7, 11) is 0. The molecule has 15 aromatic rings. The molecule has 0 amide bonds. The SMILES string of the molecule is CCCCC.c1cc2nc(c1)-c1nc(co1)-c1nc(co1)-c1nc(co1)-c1nc(co1)CCC2.c1cc2nc(c1)-c1nc(co1)-c1nc(co1)-c1nc(co1)CCCc1coc-2n1.c1cc2nc(c1)-c1nc(co1)-c1nc(co1)CCCc1coc(n1)-c1coc-2n1. The van der Waals surface area contributed by atoms with Crippen molar-refractivity contribution in [1.29, 1.82) is 0 Å². The first-order valence-electron chi connectivity index (χ1n) is 29.7. The van der Waals surface area contributed by atoms with Crippen molar-refractivity contribution in [3.05, 3.63) is 164 Å². The van der Waals surface area contributed by atoms with Gasteiger partial charge in [-0.15, -0.1) is 0 Å². The highest BCUT2D eigenvalue weighted by Gasteiger charge is 2.24. The van der Waals surface area contributed by atoms with E-state index in [1.807, 2.05) is 36.4 Å². The molecule has 3 aliphatic rings. The maximum Gasteiger partial charge on any atom is 0.249 e. The maximum atomic E-state index is 5.62. The largest absolute Gasteiger partial charge is 0.443 e. The van der Waals surface area contributed by atoms with Crippen molar-refractivity contribution in [1.82, 2.24) is 74.8 Å². The van der Waals surface area contributed by atoms with Gasteiger partial charge in [0.25, 0.3) is 0 Å². The lowest BCUT2D eigenvalue weighted by atomic mass is 10.1. The van der Waals surface area contributed by atoms with Crippen molar-refractivity contribution >= 4 is 0 Å². The summed E-state index contributed by atoms with van der Waals surface area (Å²) in [5.74, 6) is 4.44. The number of aryl methyl sites for hydroxylation is 6. The van der Waals surface area contributed by atoms with Gasteiger partial charge in [0.1, 0.15) is 104 Å². The van der Waals surface area contributed by atoms with Crippen molar-refractivity contribution in [3.8, 4) is 139 Å². The number of nitrogens with zero attached hydrogens (tertiary/aromatic N) is 15. The highest BCUT2D eigenvalue weighted by atomic mass is 16.4. The summed E-state index contributed by atoms with van der Waals surface area (Å²) < 4.78 is 66.8. The molecule has 0 saturated heterocycles. The van der Waals surface area contributed by atoms with Gasteiger partial charge in [-0.25, -0.2) is 74.8 Å². The average Bonchev–Trinajstić information content (AvgIpc) is 1.91. The van der Waals surface area contributed by atoms with E-state index in [2.05, 4.69) is 88.6 Å². The molecular weight excluding hydrogens is 1180 g/mol. The van der Waals surface area contributed by atoms with Gasteiger partial charge in [-0.1, -0.05) is 51.3 Å². The number of fused-ring (bicyclic) bond motifs is 42. The van der Waals surface area contributed by atoms with E-state index in [0.717, 1.165) is 92.0 Å². The Kier molecular flexibility index (Phi) is 15.5. The summed E-state index contributed by atoms with van der Waals surface area (Å²) >= 11 is 0. The van der Waals surface area contributed by atoms with E-state index in [4.69, 9.17) is 53.0 Å². The third-order valence-corrected chi connectivity index (χ3v) is 14.5. The lowest BCUT2D eigenvalue weighted by Gasteiger charge is -2.01. The van der Waals surface area contributed by atoms with Crippen LogP contribution in [0.25, 0.3) is 139 Å². The summed E-state index contributed by atoms with van der Waals surface area (Å²) in [5, 5.41) is 0. The standard InChI is InChI=1S/3C20H13N5O4.C5H12/c1-3-11-4-2-6-13(21-11)17-23-15(9-27-17)19-25-16(10-29-19)20-24-14(8-28-20)18-22-12(5-1)7-26-18;1-3-11-7-26-19(21-11)15-9-28-17(24-15)13-5-2-6-14(23-13)18-25-16(10-29-18)20-22-12(4-1)8-27-20;1-3-11-7-26-17(21-11)13-5-2-6-14(23-13)18-24-16(10-28-18)20-25-15(9-29-20)19-22-12(4-1)8-27-19;1-3-5-4-2/h2,4,6-10H,1,3,5H2;2*2,5-10H,1,3-4H2;3-5H2,1-2H3. The molecule has 0 N–H and O–H groups in total. The van der Waals surface area contributed by atoms with Crippen LogP contribution in [-0.2, 0) is 38.5 Å². The normalized spacial score (nSPS) is 12.8. The number of hydrogen-bond acceptors (Lipinski definition) is 27. The topological polar surface area (TPSA) is 351 Å². The van der Waals surface area contributed by atoms with E-state index in [-0.39, 0.29) is 0 Å². The van der Waals surface area contributed by atoms with E-state index in [0.29, 0.717) is 139 Å². The van der Waals surface area contributed by atoms with Crippen LogP contribution in [0, 0.1) is 0 Å². The molecule has 0 aromatic carbocycles. The van der Waals surface area contributed by atoms with Crippen LogP contribution in [0.4, 0.5) is 0 Å². The molecule has 0 radical (unpaired) electrons. The van der Waals surface area contributed by atoms with Gasteiger partial charge in [0.2, 0.25) is 70.7 Å². The molecule has 18 heterocycles. The maximum absolute atomic E-state index is 5.62. The fourth-order valence-electron chi connectivity index (χ4n) is 9.91. The van der Waals surface area contributed by atoms with E-state index in [1.54, 1.807) is 49.5 Å². The molecule has 0 aliphatic carbocycles. The molecule has 18 rings (SSSR count). The smallest absolute Gasteiger partial charge is 0.249 e. The second-order valence-corrected chi connectivity index (χ2v) is 21.2. The van der Waals surface area contributed by atoms with Gasteiger partial charge in [-0.3, -0.25) is 0 Å². The van der Waals surface area contributed by atoms with Gasteiger partial charge in [0.05, 0.1) is 28.5 Å². The zero-order chi connectivity index (χ0) is 61.7. The Labute approximate surface area is 519 Å². The number of unbranched alkanes of at least 4 members (excludes halogenated alkanes) is 2. The molecule has 0 spiro atoms. The first kappa shape index (κ1) is 56.5. The van der Waals surface area contributed by atoms with Gasteiger partial charge in [0.15, 0.2) is 39.9 Å². The molecule has 0 unspecified atom stereocenters. The predicted molar refractivity (Wildman–Crippen MR) is 320 cm³/mol. The molecule has 15 aromatic heterocycles. The third-order valence-electron chi connectivity index (χ3n) is 14.5. The van der Waals surface area contributed by atoms with Crippen molar-refractivity contribution in [2.24, 2.45) is 0 Å². The Morgan fingerprint density at radius 1 is 0.217 bits per heavy atom. The van der Waals surface area contributed by atoms with E-state index in [9.17, 15) is 0 Å². The van der Waals surface area contributed by atoms with Crippen LogP contribution in [0.15, 0.2) is 183 Å². The number of oxazole rings is 12. The Morgan fingerprint density at radius 3 is 0.685 bits per heavy atom. The lowest BCUT2D eigenvalue weighted by Crippen LogP contribution is -1.95. The number of aromatic nitrogens is 15. The van der Waals surface area contributed by atoms with Gasteiger partial charge < -0.3 is 53.0 Å². The van der Waals surface area contributed by atoms with Crippen LogP contribution in [-0.4, -0.2) is 74.8 Å². The minimum Gasteiger partial charge on any atom is -0.443 e. The fraction of sp³-hybridized carbons (Fsp3) is 0.215. The second-order valence-electron chi connectivity index (χ2n) is 21.2. The lowest BCUT2D eigenvalue weighted by molar-refractivity contribution is 0.556. The van der Waals surface area contributed by atoms with E-state index >= 15 is 0 Å². The van der Waals surface area contributed by atoms with Crippen LogP contribution in [0.5, 0.6) is 0 Å². The van der Waals surface area contributed by atoms with Gasteiger partial charge in [0, 0.05) is 5.69 Å². The minimum atomic E-state index is 0.297. The monoisotopic (exact) mass is 1230 g/mol. The molecule has 458 valence electrons. The Balaban J connectivity index is 0.000000110. The van der Waals surface area contributed by atoms with Crippen molar-refractivity contribution in [3.63, 3.8) is 0 Å². The summed E-state index contributed by atoms with van der Waals surface area (Å²) in [4.78, 5) is 67.4. The van der Waals surface area contributed by atoms with Crippen molar-refractivity contribution in [2.75, 3.05) is 0 Å². The molecule has 0 saturated carbocycles. The highest BCUT2D eigenvalue weighted by molar-refractivity contribution is 5.63. The molecule has 27 heteroatoms. The first-order chi connectivity index (χ1) is 45.4. The number of hydrogen-bond donors (Lipinski definition) is 0. The van der Waals surface area contributed by atoms with Gasteiger partial charge in [-0.05, 0) is 94.2 Å². The number of pyridine rings is 3. The second kappa shape index (κ2) is 25.2. The Bertz CT molecular complexity index is 4860. The Hall–Kier alpha value is -12.0. The molecule has 92 heavy (non-hydrogen) atoms. The fourth-order valence-corrected chi connectivity index (χ4v) is 9.91. The summed E-state index contributed by atoms with van der Waals surface area (Å²) in [6, 6.07) is 16.7. The van der Waals surface area contributed by atoms with Crippen molar-refractivity contribution in [2.45, 2.75) is 90.9 Å². The molecule has 30 bridgehead atoms. The molecular formula is C65H51N15O12. The quantitative estimate of drug-likeness (QED) is 0.155. The van der Waals surface area contributed by atoms with Crippen LogP contribution in [0.1, 0.15) is 86.5 Å². The molecule has 3 aliphatic heterocycles.